The van der Waals surface area contributed by atoms with Crippen molar-refractivity contribution in [1.29, 1.82) is 0 Å². The monoisotopic (exact) mass is 387 g/mol. The number of nitrogens with zero attached hydrogens (tertiary/aromatic N) is 1. The second kappa shape index (κ2) is 8.29. The van der Waals surface area contributed by atoms with Gasteiger partial charge in [0, 0.05) is 23.2 Å². The number of halogens is 3. The summed E-state index contributed by atoms with van der Waals surface area (Å²) in [6, 6.07) is 12.2. The van der Waals surface area contributed by atoms with E-state index in [1.54, 1.807) is 18.3 Å². The van der Waals surface area contributed by atoms with E-state index in [-0.39, 0.29) is 5.78 Å². The second-order valence-electron chi connectivity index (χ2n) is 6.44. The highest BCUT2D eigenvalue weighted by Crippen LogP contribution is 2.31. The van der Waals surface area contributed by atoms with Crippen molar-refractivity contribution in [2.75, 3.05) is 5.32 Å². The molecule has 28 heavy (non-hydrogen) atoms. The van der Waals surface area contributed by atoms with Crippen LogP contribution in [0.3, 0.4) is 0 Å². The molecule has 0 radical (unpaired) electrons. The average molecular weight is 387 g/mol. The van der Waals surface area contributed by atoms with Gasteiger partial charge in [0.2, 0.25) is 0 Å². The Morgan fingerprint density at radius 2 is 1.75 bits per heavy atom. The Hall–Kier alpha value is -3.09. The van der Waals surface area contributed by atoms with E-state index in [9.17, 15) is 18.0 Å². The zero-order valence-corrected chi connectivity index (χ0v) is 15.3. The number of hydrogen-bond donors (Lipinski definition) is 2. The fourth-order valence-electron chi connectivity index (χ4n) is 2.87. The van der Waals surface area contributed by atoms with E-state index in [0.717, 1.165) is 35.5 Å². The van der Waals surface area contributed by atoms with E-state index in [1.807, 2.05) is 19.1 Å². The smallest absolute Gasteiger partial charge is 0.379 e. The van der Waals surface area contributed by atoms with Crippen molar-refractivity contribution in [3.05, 3.63) is 71.5 Å². The summed E-state index contributed by atoms with van der Waals surface area (Å²) in [5.74, 6) is 0.118. The molecule has 1 aromatic heterocycles. The Kier molecular flexibility index (Phi) is 5.82. The first kappa shape index (κ1) is 19.7. The van der Waals surface area contributed by atoms with Gasteiger partial charge in [-0.3, -0.25) is 9.89 Å². The third kappa shape index (κ3) is 4.60. The number of ketones is 1. The number of alkyl halides is 3. The number of nitrogens with one attached hydrogen (secondary N) is 2. The first-order valence-corrected chi connectivity index (χ1v) is 8.95. The fraction of sp³-hybridized carbons (Fsp3) is 0.238. The first-order valence-electron chi connectivity index (χ1n) is 8.95. The molecule has 3 rings (SSSR count). The Bertz CT molecular complexity index is 929. The maximum Gasteiger partial charge on any atom is 0.416 e. The van der Waals surface area contributed by atoms with E-state index >= 15 is 0 Å². The minimum absolute atomic E-state index is 0.118. The maximum atomic E-state index is 12.7. The summed E-state index contributed by atoms with van der Waals surface area (Å²) in [6.45, 7) is 2.38. The number of aromatic nitrogens is 2. The standard InChI is InChI=1S/C21H20F3N3O/c1-2-3-20(28)15-6-10-17(11-7-15)25-13-19-18(12-26-27-19)14-4-8-16(9-5-14)21(22,23)24/h4-12,25H,2-3,13H2,1H3,(H,26,27). The Balaban J connectivity index is 1.68. The maximum absolute atomic E-state index is 12.7. The lowest BCUT2D eigenvalue weighted by Crippen LogP contribution is -2.04. The van der Waals surface area contributed by atoms with Gasteiger partial charge in [0.15, 0.2) is 5.78 Å². The topological polar surface area (TPSA) is 57.8 Å². The molecule has 146 valence electrons. The van der Waals surface area contributed by atoms with Gasteiger partial charge in [-0.05, 0) is 48.4 Å². The van der Waals surface area contributed by atoms with E-state index in [0.29, 0.717) is 24.1 Å². The lowest BCUT2D eigenvalue weighted by atomic mass is 10.0. The molecule has 0 aliphatic rings. The highest BCUT2D eigenvalue weighted by Gasteiger charge is 2.30. The molecule has 0 amide bonds. The van der Waals surface area contributed by atoms with Crippen molar-refractivity contribution < 1.29 is 18.0 Å². The van der Waals surface area contributed by atoms with Gasteiger partial charge in [-0.1, -0.05) is 19.1 Å². The lowest BCUT2D eigenvalue weighted by Gasteiger charge is -2.09. The summed E-state index contributed by atoms with van der Waals surface area (Å²) in [6.07, 6.45) is -1.43. The largest absolute Gasteiger partial charge is 0.416 e. The number of H-pyrrole nitrogens is 1. The normalized spacial score (nSPS) is 11.4. The van der Waals surface area contributed by atoms with Crippen molar-refractivity contribution in [3.63, 3.8) is 0 Å². The molecule has 3 aromatic rings. The van der Waals surface area contributed by atoms with Crippen LogP contribution in [0.25, 0.3) is 11.1 Å². The Morgan fingerprint density at radius 1 is 1.07 bits per heavy atom. The predicted molar refractivity (Wildman–Crippen MR) is 102 cm³/mol. The molecule has 2 N–H and O–H groups in total. The molecule has 0 atom stereocenters. The summed E-state index contributed by atoms with van der Waals surface area (Å²) in [5, 5.41) is 10.1. The SMILES string of the molecule is CCCC(=O)c1ccc(NCc2[nH]ncc2-c2ccc(C(F)(F)F)cc2)cc1. The van der Waals surface area contributed by atoms with Crippen LogP contribution in [-0.4, -0.2) is 16.0 Å². The molecule has 0 aliphatic carbocycles. The van der Waals surface area contributed by atoms with Crippen molar-refractivity contribution in [2.24, 2.45) is 0 Å². The van der Waals surface area contributed by atoms with Crippen LogP contribution in [0.15, 0.2) is 54.7 Å². The van der Waals surface area contributed by atoms with Gasteiger partial charge in [0.1, 0.15) is 0 Å². The molecule has 0 aliphatic heterocycles. The number of Topliss-reactive ketones (excluding diaryl/α,β-unsaturated/α-hetero) is 1. The van der Waals surface area contributed by atoms with Gasteiger partial charge < -0.3 is 5.32 Å². The van der Waals surface area contributed by atoms with Gasteiger partial charge >= 0.3 is 6.18 Å². The van der Waals surface area contributed by atoms with Crippen LogP contribution in [0.4, 0.5) is 18.9 Å². The lowest BCUT2D eigenvalue weighted by molar-refractivity contribution is -0.137. The molecule has 0 saturated heterocycles. The predicted octanol–water partition coefficient (Wildman–Crippen LogP) is 5.69. The number of hydrogen-bond acceptors (Lipinski definition) is 3. The number of benzene rings is 2. The van der Waals surface area contributed by atoms with Gasteiger partial charge in [-0.2, -0.15) is 18.3 Å². The molecule has 2 aromatic carbocycles. The number of anilines is 1. The number of rotatable bonds is 7. The Morgan fingerprint density at radius 3 is 2.36 bits per heavy atom. The quantitative estimate of drug-likeness (QED) is 0.512. The number of carbonyl (C=O) groups excluding carboxylic acids is 1. The fourth-order valence-corrected chi connectivity index (χ4v) is 2.87. The zero-order chi connectivity index (χ0) is 20.1. The van der Waals surface area contributed by atoms with Crippen LogP contribution in [0.1, 0.15) is 41.4 Å². The minimum Gasteiger partial charge on any atom is -0.379 e. The van der Waals surface area contributed by atoms with Crippen molar-refractivity contribution in [3.8, 4) is 11.1 Å². The van der Waals surface area contributed by atoms with Crippen LogP contribution >= 0.6 is 0 Å². The summed E-state index contributed by atoms with van der Waals surface area (Å²) in [4.78, 5) is 11.9. The van der Waals surface area contributed by atoms with E-state index in [4.69, 9.17) is 0 Å². The summed E-state index contributed by atoms with van der Waals surface area (Å²) >= 11 is 0. The third-order valence-corrected chi connectivity index (χ3v) is 4.39. The van der Waals surface area contributed by atoms with E-state index in [1.165, 1.54) is 12.1 Å². The zero-order valence-electron chi connectivity index (χ0n) is 15.3. The van der Waals surface area contributed by atoms with Gasteiger partial charge in [-0.15, -0.1) is 0 Å². The molecule has 1 heterocycles. The summed E-state index contributed by atoms with van der Waals surface area (Å²) < 4.78 is 38.2. The van der Waals surface area contributed by atoms with Crippen molar-refractivity contribution >= 4 is 11.5 Å². The van der Waals surface area contributed by atoms with E-state index < -0.39 is 11.7 Å². The molecule has 0 unspecified atom stereocenters. The van der Waals surface area contributed by atoms with Crippen molar-refractivity contribution in [1.82, 2.24) is 10.2 Å². The Labute approximate surface area is 160 Å². The molecule has 0 saturated carbocycles. The molecule has 4 nitrogen and oxygen atoms in total. The molecule has 0 spiro atoms. The highest BCUT2D eigenvalue weighted by atomic mass is 19.4. The number of aromatic amines is 1. The first-order chi connectivity index (χ1) is 13.4. The molecule has 7 heteroatoms. The van der Waals surface area contributed by atoms with Gasteiger partial charge in [0.05, 0.1) is 24.0 Å². The second-order valence-corrected chi connectivity index (χ2v) is 6.44. The van der Waals surface area contributed by atoms with Crippen LogP contribution in [0.2, 0.25) is 0 Å². The average Bonchev–Trinajstić information content (AvgIpc) is 3.15. The summed E-state index contributed by atoms with van der Waals surface area (Å²) in [5.41, 5.74) is 2.97. The van der Waals surface area contributed by atoms with Gasteiger partial charge in [-0.25, -0.2) is 0 Å². The summed E-state index contributed by atoms with van der Waals surface area (Å²) in [7, 11) is 0. The third-order valence-electron chi connectivity index (χ3n) is 4.39. The van der Waals surface area contributed by atoms with Gasteiger partial charge in [0.25, 0.3) is 0 Å². The van der Waals surface area contributed by atoms with Crippen LogP contribution in [-0.2, 0) is 12.7 Å². The molecule has 0 fully saturated rings. The molecular weight excluding hydrogens is 367 g/mol. The van der Waals surface area contributed by atoms with Crippen molar-refractivity contribution in [2.45, 2.75) is 32.5 Å². The minimum atomic E-state index is -4.36. The van der Waals surface area contributed by atoms with Crippen LogP contribution in [0, 0.1) is 0 Å². The molecule has 0 bridgehead atoms. The molecular formula is C21H20F3N3O. The highest BCUT2D eigenvalue weighted by molar-refractivity contribution is 5.96. The number of carbonyl (C=O) groups is 1. The van der Waals surface area contributed by atoms with Crippen LogP contribution in [0.5, 0.6) is 0 Å². The van der Waals surface area contributed by atoms with E-state index in [2.05, 4.69) is 15.5 Å². The van der Waals surface area contributed by atoms with Crippen LogP contribution < -0.4 is 5.32 Å².